The predicted octanol–water partition coefficient (Wildman–Crippen LogP) is 3.95. The number of unbranched alkanes of at least 4 members (excludes halogenated alkanes) is 1. The first-order chi connectivity index (χ1) is 8.20. The van der Waals surface area contributed by atoms with Gasteiger partial charge in [-0.05, 0) is 31.1 Å². The summed E-state index contributed by atoms with van der Waals surface area (Å²) in [7, 11) is 1.69. The molecular formula is C11H23N2OPS2. The normalized spacial score (nSPS) is 20.8. The van der Waals surface area contributed by atoms with E-state index in [1.807, 2.05) is 0 Å². The summed E-state index contributed by atoms with van der Waals surface area (Å²) >= 11 is 7.24. The number of nitrogens with one attached hydrogen (secondary N) is 1. The second kappa shape index (κ2) is 8.52. The molecule has 1 aliphatic rings. The Kier molecular flexibility index (Phi) is 7.76. The largest absolute Gasteiger partial charge is 0.330 e. The molecule has 0 heterocycles. The maximum Gasteiger partial charge on any atom is 0.210 e. The summed E-state index contributed by atoms with van der Waals surface area (Å²) in [5.41, 5.74) is -1.94. The lowest BCUT2D eigenvalue weighted by Crippen LogP contribution is -2.09. The fraction of sp³-hybridized carbons (Fsp3) is 0.909. The van der Waals surface area contributed by atoms with Gasteiger partial charge in [0.1, 0.15) is 0 Å². The lowest BCUT2D eigenvalue weighted by Gasteiger charge is -2.18. The summed E-state index contributed by atoms with van der Waals surface area (Å²) < 4.78 is 5.44. The van der Waals surface area contributed by atoms with Gasteiger partial charge in [-0.25, -0.2) is 0 Å². The Bertz CT molecular complexity index is 281. The highest BCUT2D eigenvalue weighted by Crippen LogP contribution is 2.55. The van der Waals surface area contributed by atoms with E-state index < -0.39 is 5.62 Å². The van der Waals surface area contributed by atoms with Gasteiger partial charge in [0.2, 0.25) is 5.62 Å². The lowest BCUT2D eigenvalue weighted by atomic mass is 10.3. The molecular weight excluding hydrogens is 271 g/mol. The Morgan fingerprint density at radius 3 is 2.82 bits per heavy atom. The molecule has 1 N–H and O–H groups in total. The monoisotopic (exact) mass is 294 g/mol. The maximum atomic E-state index is 5.51. The molecule has 100 valence electrons. The quantitative estimate of drug-likeness (QED) is 0.318. The van der Waals surface area contributed by atoms with Crippen LogP contribution in [0.1, 0.15) is 45.4 Å². The Balaban J connectivity index is 2.31. The van der Waals surface area contributed by atoms with E-state index in [2.05, 4.69) is 17.0 Å². The molecule has 0 bridgehead atoms. The van der Waals surface area contributed by atoms with Crippen molar-refractivity contribution >= 4 is 35.1 Å². The second-order valence-corrected chi connectivity index (χ2v) is 11.1. The molecule has 0 aromatic carbocycles. The van der Waals surface area contributed by atoms with Gasteiger partial charge in [0.05, 0.1) is 12.4 Å². The van der Waals surface area contributed by atoms with Crippen LogP contribution in [0.3, 0.4) is 0 Å². The molecule has 3 nitrogen and oxygen atoms in total. The maximum absolute atomic E-state index is 5.51. The highest BCUT2D eigenvalue weighted by molar-refractivity contribution is 8.68. The first-order valence-electron chi connectivity index (χ1n) is 6.30. The van der Waals surface area contributed by atoms with E-state index in [1.165, 1.54) is 38.5 Å². The van der Waals surface area contributed by atoms with Crippen molar-refractivity contribution in [2.45, 2.75) is 51.5 Å². The Morgan fingerprint density at radius 1 is 1.53 bits per heavy atom. The third-order valence-electron chi connectivity index (χ3n) is 2.83. The summed E-state index contributed by atoms with van der Waals surface area (Å²) in [4.78, 5) is 4.52. The van der Waals surface area contributed by atoms with E-state index in [-0.39, 0.29) is 0 Å². The first-order valence-corrected chi connectivity index (χ1v) is 10.6. The van der Waals surface area contributed by atoms with E-state index >= 15 is 0 Å². The molecule has 0 saturated heterocycles. The van der Waals surface area contributed by atoms with Crippen molar-refractivity contribution in [3.05, 3.63) is 0 Å². The lowest BCUT2D eigenvalue weighted by molar-refractivity contribution is 0.467. The van der Waals surface area contributed by atoms with Crippen molar-refractivity contribution in [3.8, 4) is 0 Å². The van der Waals surface area contributed by atoms with Crippen molar-refractivity contribution in [3.63, 3.8) is 0 Å². The summed E-state index contributed by atoms with van der Waals surface area (Å²) in [6.07, 6.45) is 9.24. The summed E-state index contributed by atoms with van der Waals surface area (Å²) in [6.45, 7) is 2.19. The fourth-order valence-corrected chi connectivity index (χ4v) is 5.49. The van der Waals surface area contributed by atoms with E-state index in [1.54, 1.807) is 24.8 Å². The standard InChI is InChI=1S/C11H23N2OPS2/c1-3-4-9-17-15(16,14-2)13-10-12-11-7-5-6-8-11/h10-11H,3-9H2,1-2H3,(H,12,13,16). The molecule has 0 spiro atoms. The molecule has 1 rings (SSSR count). The van der Waals surface area contributed by atoms with Crippen molar-refractivity contribution in [1.29, 1.82) is 0 Å². The van der Waals surface area contributed by atoms with E-state index in [4.69, 9.17) is 16.3 Å². The van der Waals surface area contributed by atoms with Crippen LogP contribution < -0.4 is 5.09 Å². The summed E-state index contributed by atoms with van der Waals surface area (Å²) in [5.74, 6) is 1.06. The van der Waals surface area contributed by atoms with Gasteiger partial charge in [0.15, 0.2) is 0 Å². The molecule has 6 heteroatoms. The zero-order valence-corrected chi connectivity index (χ0v) is 13.3. The number of rotatable bonds is 8. The number of nitrogens with zero attached hydrogens (tertiary/aromatic N) is 1. The van der Waals surface area contributed by atoms with Gasteiger partial charge >= 0.3 is 0 Å². The topological polar surface area (TPSA) is 33.6 Å². The van der Waals surface area contributed by atoms with Gasteiger partial charge in [-0.1, -0.05) is 37.6 Å². The summed E-state index contributed by atoms with van der Waals surface area (Å²) in [6, 6.07) is 0.503. The van der Waals surface area contributed by atoms with Crippen LogP contribution >= 0.6 is 17.0 Å². The Morgan fingerprint density at radius 2 is 2.24 bits per heavy atom. The zero-order chi connectivity index (χ0) is 12.6. The molecule has 17 heavy (non-hydrogen) atoms. The minimum Gasteiger partial charge on any atom is -0.330 e. The van der Waals surface area contributed by atoms with Crippen molar-refractivity contribution in [2.75, 3.05) is 12.9 Å². The zero-order valence-electron chi connectivity index (χ0n) is 10.7. The van der Waals surface area contributed by atoms with Crippen LogP contribution in [0.15, 0.2) is 4.99 Å². The average molecular weight is 294 g/mol. The Labute approximate surface area is 114 Å². The van der Waals surface area contributed by atoms with Crippen LogP contribution in [0.2, 0.25) is 0 Å². The van der Waals surface area contributed by atoms with Crippen LogP contribution in [0.25, 0.3) is 0 Å². The van der Waals surface area contributed by atoms with Crippen molar-refractivity contribution < 1.29 is 4.52 Å². The van der Waals surface area contributed by atoms with Crippen LogP contribution in [0, 0.1) is 0 Å². The SMILES string of the molecule is CCCCSP(=S)(N/C=N/C1CCCC1)OC. The van der Waals surface area contributed by atoms with Gasteiger partial charge in [-0.2, -0.15) is 0 Å². The third-order valence-corrected chi connectivity index (χ3v) is 8.59. The molecule has 0 aromatic heterocycles. The third kappa shape index (κ3) is 6.23. The molecule has 0 aromatic rings. The van der Waals surface area contributed by atoms with Gasteiger partial charge in [0.25, 0.3) is 0 Å². The molecule has 1 atom stereocenters. The molecule has 0 amide bonds. The number of aliphatic imine (C=N–C) groups is 1. The first kappa shape index (κ1) is 15.5. The van der Waals surface area contributed by atoms with E-state index in [9.17, 15) is 0 Å². The predicted molar refractivity (Wildman–Crippen MR) is 82.5 cm³/mol. The number of hydrogen-bond donors (Lipinski definition) is 1. The average Bonchev–Trinajstić information content (AvgIpc) is 2.82. The Hall–Kier alpha value is 0.430. The van der Waals surface area contributed by atoms with Crippen LogP contribution in [0.5, 0.6) is 0 Å². The molecule has 0 aliphatic heterocycles. The highest BCUT2D eigenvalue weighted by Gasteiger charge is 2.16. The highest BCUT2D eigenvalue weighted by atomic mass is 32.9. The van der Waals surface area contributed by atoms with Gasteiger partial charge in [-0.3, -0.25) is 4.99 Å². The minimum atomic E-state index is -1.94. The van der Waals surface area contributed by atoms with E-state index in [0.29, 0.717) is 6.04 Å². The molecule has 1 aliphatic carbocycles. The van der Waals surface area contributed by atoms with Gasteiger partial charge in [-0.15, -0.1) is 0 Å². The van der Waals surface area contributed by atoms with Gasteiger partial charge in [0, 0.05) is 12.9 Å². The van der Waals surface area contributed by atoms with Crippen molar-refractivity contribution in [1.82, 2.24) is 5.09 Å². The fourth-order valence-electron chi connectivity index (χ4n) is 1.73. The molecule has 1 fully saturated rings. The molecule has 1 unspecified atom stereocenters. The van der Waals surface area contributed by atoms with E-state index in [0.717, 1.165) is 5.75 Å². The second-order valence-electron chi connectivity index (χ2n) is 4.21. The molecule has 1 saturated carbocycles. The van der Waals surface area contributed by atoms with Crippen LogP contribution in [-0.4, -0.2) is 25.2 Å². The molecule has 0 radical (unpaired) electrons. The van der Waals surface area contributed by atoms with Gasteiger partial charge < -0.3 is 9.61 Å². The number of hydrogen-bond acceptors (Lipinski definition) is 4. The smallest absolute Gasteiger partial charge is 0.210 e. The van der Waals surface area contributed by atoms with Crippen molar-refractivity contribution in [2.24, 2.45) is 4.99 Å². The van der Waals surface area contributed by atoms with Crippen LogP contribution in [0.4, 0.5) is 0 Å². The van der Waals surface area contributed by atoms with Crippen LogP contribution in [-0.2, 0) is 16.3 Å². The minimum absolute atomic E-state index is 0.503. The summed E-state index contributed by atoms with van der Waals surface area (Å²) in [5, 5.41) is 3.21.